The molecule has 0 unspecified atom stereocenters. The molecule has 1 aliphatic heterocycles. The molecule has 0 atom stereocenters. The quantitative estimate of drug-likeness (QED) is 0.517. The highest BCUT2D eigenvalue weighted by molar-refractivity contribution is 6.04. The number of likely N-dealkylation sites (tertiary alicyclic amines) is 1. The fourth-order valence-electron chi connectivity index (χ4n) is 3.77. The fourth-order valence-corrected chi connectivity index (χ4v) is 3.77. The highest BCUT2D eigenvalue weighted by Crippen LogP contribution is 2.29. The number of carbonyl (C=O) groups is 2. The Kier molecular flexibility index (Phi) is 5.04. The van der Waals surface area contributed by atoms with E-state index in [1.165, 1.54) is 0 Å². The van der Waals surface area contributed by atoms with Crippen molar-refractivity contribution in [3.63, 3.8) is 0 Å². The Morgan fingerprint density at radius 2 is 2.00 bits per heavy atom. The number of hydrogen-bond acceptors (Lipinski definition) is 6. The molecule has 1 aromatic carbocycles. The molecule has 1 fully saturated rings. The van der Waals surface area contributed by atoms with Crippen molar-refractivity contribution >= 4 is 23.3 Å². The van der Waals surface area contributed by atoms with Crippen molar-refractivity contribution in [3.05, 3.63) is 65.9 Å². The van der Waals surface area contributed by atoms with Crippen molar-refractivity contribution in [2.24, 2.45) is 0 Å². The van der Waals surface area contributed by atoms with Crippen molar-refractivity contribution in [2.75, 3.05) is 32.5 Å². The van der Waals surface area contributed by atoms with E-state index in [0.29, 0.717) is 41.8 Å². The average Bonchev–Trinajstić information content (AvgIpc) is 3.41. The number of anilines is 1. The van der Waals surface area contributed by atoms with Crippen molar-refractivity contribution in [1.82, 2.24) is 29.3 Å². The summed E-state index contributed by atoms with van der Waals surface area (Å²) in [6.07, 6.45) is 3.35. The molecule has 0 aliphatic carbocycles. The van der Waals surface area contributed by atoms with E-state index < -0.39 is 0 Å². The van der Waals surface area contributed by atoms with E-state index in [9.17, 15) is 9.59 Å². The molecule has 168 valence electrons. The molecule has 0 saturated carbocycles. The normalized spacial score (nSPS) is 13.7. The van der Waals surface area contributed by atoms with Crippen LogP contribution in [-0.4, -0.2) is 68.4 Å². The molecule has 5 rings (SSSR count). The van der Waals surface area contributed by atoms with Gasteiger partial charge in [0, 0.05) is 44.6 Å². The van der Waals surface area contributed by atoms with Crippen LogP contribution in [0, 0.1) is 6.92 Å². The predicted molar refractivity (Wildman–Crippen MR) is 121 cm³/mol. The summed E-state index contributed by atoms with van der Waals surface area (Å²) in [4.78, 5) is 37.0. The first-order chi connectivity index (χ1) is 15.9. The molecular formula is C23H23N7O3. The molecular weight excluding hydrogens is 422 g/mol. The van der Waals surface area contributed by atoms with E-state index in [1.54, 1.807) is 40.7 Å². The molecule has 1 saturated heterocycles. The molecule has 1 aliphatic rings. The van der Waals surface area contributed by atoms with Gasteiger partial charge in [0.25, 0.3) is 5.91 Å². The van der Waals surface area contributed by atoms with E-state index in [1.807, 2.05) is 43.3 Å². The summed E-state index contributed by atoms with van der Waals surface area (Å²) in [7, 11) is 3.45. The summed E-state index contributed by atoms with van der Waals surface area (Å²) >= 11 is 0. The minimum atomic E-state index is -0.261. The number of pyridine rings is 1. The second-order valence-electron chi connectivity index (χ2n) is 8.29. The minimum absolute atomic E-state index is 0.0231. The molecule has 4 heterocycles. The lowest BCUT2D eigenvalue weighted by Gasteiger charge is -2.38. The summed E-state index contributed by atoms with van der Waals surface area (Å²) < 4.78 is 7.20. The Hall–Kier alpha value is -4.21. The Bertz CT molecular complexity index is 1350. The van der Waals surface area contributed by atoms with E-state index in [-0.39, 0.29) is 17.9 Å². The van der Waals surface area contributed by atoms with E-state index in [0.717, 1.165) is 11.1 Å². The number of rotatable bonds is 4. The van der Waals surface area contributed by atoms with Crippen LogP contribution in [0.15, 0.2) is 53.3 Å². The number of nitrogens with one attached hydrogen (secondary N) is 1. The first-order valence-electron chi connectivity index (χ1n) is 10.5. The Morgan fingerprint density at radius 1 is 1.18 bits per heavy atom. The number of urea groups is 1. The third-order valence-corrected chi connectivity index (χ3v) is 5.72. The number of imidazole rings is 1. The summed E-state index contributed by atoms with van der Waals surface area (Å²) in [6, 6.07) is 11.1. The van der Waals surface area contributed by atoms with E-state index in [4.69, 9.17) is 4.52 Å². The Labute approximate surface area is 189 Å². The third kappa shape index (κ3) is 3.79. The smallest absolute Gasteiger partial charge is 0.319 e. The van der Waals surface area contributed by atoms with Gasteiger partial charge < -0.3 is 19.6 Å². The predicted octanol–water partition coefficient (Wildman–Crippen LogP) is 3.03. The summed E-state index contributed by atoms with van der Waals surface area (Å²) in [5.41, 5.74) is 3.43. The van der Waals surface area contributed by atoms with Crippen LogP contribution < -0.4 is 5.32 Å². The maximum Gasteiger partial charge on any atom is 0.319 e. The fraction of sp³-hybridized carbons (Fsp3) is 0.261. The first-order valence-corrected chi connectivity index (χ1v) is 10.5. The summed E-state index contributed by atoms with van der Waals surface area (Å²) in [5, 5.41) is 7.07. The standard InChI is InChI=1S/C23H23N7O3/c1-14-7-8-15(20-26-22(33-27-20)16-12-29(13-16)23(32)28(2)3)10-17(14)25-21(31)18-11-24-19-6-4-5-9-30(18)19/h4-11,16H,12-13H2,1-3H3,(H,25,31). The van der Waals surface area contributed by atoms with Gasteiger partial charge in [-0.1, -0.05) is 23.4 Å². The van der Waals surface area contributed by atoms with Gasteiger partial charge in [-0.3, -0.25) is 9.20 Å². The van der Waals surface area contributed by atoms with Crippen LogP contribution in [0.5, 0.6) is 0 Å². The molecule has 1 N–H and O–H groups in total. The van der Waals surface area contributed by atoms with Gasteiger partial charge >= 0.3 is 6.03 Å². The van der Waals surface area contributed by atoms with Crippen LogP contribution in [0.4, 0.5) is 10.5 Å². The van der Waals surface area contributed by atoms with Crippen molar-refractivity contribution in [3.8, 4) is 11.4 Å². The van der Waals surface area contributed by atoms with Crippen molar-refractivity contribution < 1.29 is 14.1 Å². The number of aryl methyl sites for hydroxylation is 1. The number of carbonyl (C=O) groups excluding carboxylic acids is 2. The summed E-state index contributed by atoms with van der Waals surface area (Å²) in [6.45, 7) is 3.01. The third-order valence-electron chi connectivity index (χ3n) is 5.72. The lowest BCUT2D eigenvalue weighted by molar-refractivity contribution is 0.102. The second kappa shape index (κ2) is 8.05. The van der Waals surface area contributed by atoms with Gasteiger partial charge in [-0.25, -0.2) is 9.78 Å². The molecule has 0 bridgehead atoms. The van der Waals surface area contributed by atoms with Gasteiger partial charge in [0.05, 0.1) is 12.1 Å². The molecule has 4 aromatic rings. The van der Waals surface area contributed by atoms with Crippen LogP contribution in [0.3, 0.4) is 0 Å². The molecule has 3 aromatic heterocycles. The number of fused-ring (bicyclic) bond motifs is 1. The zero-order valence-corrected chi connectivity index (χ0v) is 18.5. The topological polar surface area (TPSA) is 109 Å². The van der Waals surface area contributed by atoms with Crippen LogP contribution in [0.25, 0.3) is 17.0 Å². The molecule has 0 radical (unpaired) electrons. The van der Waals surface area contributed by atoms with Crippen molar-refractivity contribution in [2.45, 2.75) is 12.8 Å². The van der Waals surface area contributed by atoms with Gasteiger partial charge in [0.15, 0.2) is 0 Å². The zero-order chi connectivity index (χ0) is 23.1. The molecule has 10 nitrogen and oxygen atoms in total. The number of hydrogen-bond donors (Lipinski definition) is 1. The van der Waals surface area contributed by atoms with Crippen molar-refractivity contribution in [1.29, 1.82) is 0 Å². The van der Waals surface area contributed by atoms with Gasteiger partial charge in [-0.05, 0) is 30.7 Å². The number of nitrogens with zero attached hydrogens (tertiary/aromatic N) is 6. The number of aromatic nitrogens is 4. The van der Waals surface area contributed by atoms with E-state index in [2.05, 4.69) is 20.4 Å². The molecule has 0 spiro atoms. The van der Waals surface area contributed by atoms with Gasteiger partial charge in [-0.2, -0.15) is 4.98 Å². The lowest BCUT2D eigenvalue weighted by Crippen LogP contribution is -2.52. The maximum absolute atomic E-state index is 12.9. The highest BCUT2D eigenvalue weighted by Gasteiger charge is 2.36. The van der Waals surface area contributed by atoms with Crippen LogP contribution in [-0.2, 0) is 0 Å². The van der Waals surface area contributed by atoms with Crippen LogP contribution >= 0.6 is 0 Å². The number of benzene rings is 1. The van der Waals surface area contributed by atoms with Crippen LogP contribution in [0.2, 0.25) is 0 Å². The monoisotopic (exact) mass is 445 g/mol. The van der Waals surface area contributed by atoms with Gasteiger partial charge in [0.1, 0.15) is 11.3 Å². The zero-order valence-electron chi connectivity index (χ0n) is 18.5. The largest absolute Gasteiger partial charge is 0.339 e. The highest BCUT2D eigenvalue weighted by atomic mass is 16.5. The number of amides is 3. The van der Waals surface area contributed by atoms with E-state index >= 15 is 0 Å². The molecule has 3 amide bonds. The SMILES string of the molecule is Cc1ccc(-c2noc(C3CN(C(=O)N(C)C)C3)n2)cc1NC(=O)c1cnc2ccccn12. The second-order valence-corrected chi connectivity index (χ2v) is 8.29. The minimum Gasteiger partial charge on any atom is -0.339 e. The average molecular weight is 445 g/mol. The van der Waals surface area contributed by atoms with Crippen LogP contribution in [0.1, 0.15) is 27.9 Å². The van der Waals surface area contributed by atoms with Gasteiger partial charge in [-0.15, -0.1) is 0 Å². The maximum atomic E-state index is 12.9. The Morgan fingerprint density at radius 3 is 2.79 bits per heavy atom. The lowest BCUT2D eigenvalue weighted by atomic mass is 10.0. The molecule has 10 heteroatoms. The summed E-state index contributed by atoms with van der Waals surface area (Å²) in [5.74, 6) is 0.704. The molecule has 33 heavy (non-hydrogen) atoms. The Balaban J connectivity index is 1.32. The van der Waals surface area contributed by atoms with Gasteiger partial charge in [0.2, 0.25) is 11.7 Å². The first kappa shape index (κ1) is 20.7.